The average molecular weight is 653 g/mol. The van der Waals surface area contributed by atoms with Crippen molar-refractivity contribution >= 4 is 65.6 Å². The maximum atomic E-state index is 6.69. The van der Waals surface area contributed by atoms with Gasteiger partial charge in [-0.1, -0.05) is 103 Å². The molecule has 0 fully saturated rings. The van der Waals surface area contributed by atoms with Crippen molar-refractivity contribution in [2.75, 3.05) is 0 Å². The van der Waals surface area contributed by atoms with Crippen LogP contribution in [0.3, 0.4) is 0 Å². The summed E-state index contributed by atoms with van der Waals surface area (Å²) in [5, 5.41) is 5.87. The minimum atomic E-state index is 0.556. The third-order valence-electron chi connectivity index (χ3n) is 10.2. The number of para-hydroxylation sites is 5. The van der Waals surface area contributed by atoms with E-state index in [1.165, 1.54) is 21.5 Å². The van der Waals surface area contributed by atoms with Gasteiger partial charge in [-0.3, -0.25) is 4.98 Å². The van der Waals surface area contributed by atoms with Gasteiger partial charge in [-0.25, -0.2) is 4.98 Å². The number of nitrogens with zero attached hydrogens (tertiary/aromatic N) is 4. The number of aromatic nitrogens is 4. The van der Waals surface area contributed by atoms with Gasteiger partial charge in [0.2, 0.25) is 5.89 Å². The first-order valence-electron chi connectivity index (χ1n) is 17.2. The maximum absolute atomic E-state index is 6.69. The molecule has 0 N–H and O–H groups in total. The Hall–Kier alpha value is -6.98. The van der Waals surface area contributed by atoms with Crippen LogP contribution in [0.5, 0.6) is 0 Å². The second-order valence-electron chi connectivity index (χ2n) is 13.0. The van der Waals surface area contributed by atoms with Gasteiger partial charge in [0.05, 0.1) is 27.6 Å². The van der Waals surface area contributed by atoms with Crippen LogP contribution in [-0.4, -0.2) is 19.1 Å². The molecule has 0 unspecified atom stereocenters. The zero-order valence-corrected chi connectivity index (χ0v) is 27.4. The quantitative estimate of drug-likeness (QED) is 0.190. The molecule has 0 bridgehead atoms. The molecule has 7 aromatic carbocycles. The third-order valence-corrected chi connectivity index (χ3v) is 10.2. The zero-order valence-electron chi connectivity index (χ0n) is 27.4. The Morgan fingerprint density at radius 2 is 1.10 bits per heavy atom. The Kier molecular flexibility index (Phi) is 5.89. The molecule has 11 rings (SSSR count). The molecular weight excluding hydrogens is 625 g/mol. The fraction of sp³-hybridized carbons (Fsp3) is 0. The van der Waals surface area contributed by atoms with Gasteiger partial charge in [0, 0.05) is 55.6 Å². The number of hydrogen-bond donors (Lipinski definition) is 0. The van der Waals surface area contributed by atoms with E-state index in [9.17, 15) is 0 Å². The van der Waals surface area contributed by atoms with Crippen molar-refractivity contribution in [2.45, 2.75) is 0 Å². The average Bonchev–Trinajstić information content (AvgIpc) is 3.89. The number of benzene rings is 7. The molecule has 4 heterocycles. The molecule has 5 nitrogen and oxygen atoms in total. The van der Waals surface area contributed by atoms with E-state index in [4.69, 9.17) is 14.4 Å². The summed E-state index contributed by atoms with van der Waals surface area (Å²) in [6, 6.07) is 57.9. The van der Waals surface area contributed by atoms with E-state index in [1.54, 1.807) is 0 Å². The minimum absolute atomic E-state index is 0.556. The van der Waals surface area contributed by atoms with Gasteiger partial charge >= 0.3 is 0 Å². The lowest BCUT2D eigenvalue weighted by atomic mass is 9.96. The van der Waals surface area contributed by atoms with Crippen molar-refractivity contribution in [1.29, 1.82) is 0 Å². The van der Waals surface area contributed by atoms with Gasteiger partial charge in [0.15, 0.2) is 5.58 Å². The van der Waals surface area contributed by atoms with E-state index in [1.807, 2.05) is 24.4 Å². The smallest absolute Gasteiger partial charge is 0.228 e. The molecule has 0 amide bonds. The van der Waals surface area contributed by atoms with E-state index in [0.29, 0.717) is 11.5 Å². The number of hydrogen-bond acceptors (Lipinski definition) is 3. The first-order chi connectivity index (χ1) is 25.3. The lowest BCUT2D eigenvalue weighted by Gasteiger charge is -2.16. The molecule has 0 spiro atoms. The molecule has 0 aliphatic heterocycles. The van der Waals surface area contributed by atoms with Crippen molar-refractivity contribution in [3.63, 3.8) is 0 Å². The molecule has 0 aliphatic carbocycles. The van der Waals surface area contributed by atoms with Crippen LogP contribution in [0.15, 0.2) is 174 Å². The Morgan fingerprint density at radius 3 is 1.86 bits per heavy atom. The molecular formula is C46H28N4O. The summed E-state index contributed by atoms with van der Waals surface area (Å²) in [5.41, 5.74) is 12.1. The Labute approximate surface area is 292 Å². The second kappa shape index (κ2) is 10.8. The van der Waals surface area contributed by atoms with Crippen molar-refractivity contribution in [3.8, 4) is 34.0 Å². The van der Waals surface area contributed by atoms with Gasteiger partial charge in [-0.2, -0.15) is 0 Å². The van der Waals surface area contributed by atoms with E-state index in [-0.39, 0.29) is 0 Å². The fourth-order valence-corrected chi connectivity index (χ4v) is 8.01. The highest BCUT2D eigenvalue weighted by Crippen LogP contribution is 2.43. The van der Waals surface area contributed by atoms with Gasteiger partial charge < -0.3 is 13.6 Å². The largest absolute Gasteiger partial charge is 0.436 e. The van der Waals surface area contributed by atoms with E-state index in [0.717, 1.165) is 66.6 Å². The van der Waals surface area contributed by atoms with E-state index >= 15 is 0 Å². The highest BCUT2D eigenvalue weighted by molar-refractivity contribution is 6.15. The lowest BCUT2D eigenvalue weighted by Crippen LogP contribution is -1.98. The molecule has 0 radical (unpaired) electrons. The van der Waals surface area contributed by atoms with Crippen molar-refractivity contribution in [1.82, 2.24) is 19.1 Å². The van der Waals surface area contributed by atoms with Crippen molar-refractivity contribution in [2.24, 2.45) is 0 Å². The molecule has 0 saturated carbocycles. The molecule has 0 saturated heterocycles. The fourth-order valence-electron chi connectivity index (χ4n) is 8.01. The van der Waals surface area contributed by atoms with E-state index < -0.39 is 0 Å². The summed E-state index contributed by atoms with van der Waals surface area (Å²) in [4.78, 5) is 9.91. The maximum Gasteiger partial charge on any atom is 0.228 e. The van der Waals surface area contributed by atoms with Crippen LogP contribution in [0.4, 0.5) is 0 Å². The monoisotopic (exact) mass is 652 g/mol. The van der Waals surface area contributed by atoms with Crippen LogP contribution < -0.4 is 0 Å². The standard InChI is InChI=1S/C46H28N4O/c1-2-13-30(14-3-1)50-41-22-9-6-17-35(41)37-19-10-18-36(45(37)50)32-25-24-31(49-39-20-7-4-15-33(39)34-16-5-8-21-40(34)49)28-38(32)46-48-44-42(51-46)26-23-29-12-11-27-47-43(29)44/h1-28H. The van der Waals surface area contributed by atoms with Crippen LogP contribution >= 0.6 is 0 Å². The van der Waals surface area contributed by atoms with Crippen molar-refractivity contribution < 1.29 is 4.42 Å². The first-order valence-corrected chi connectivity index (χ1v) is 17.2. The molecule has 0 aliphatic rings. The van der Waals surface area contributed by atoms with Crippen LogP contribution in [0, 0.1) is 0 Å². The summed E-state index contributed by atoms with van der Waals surface area (Å²) in [7, 11) is 0. The number of rotatable bonds is 4. The second-order valence-corrected chi connectivity index (χ2v) is 13.0. The van der Waals surface area contributed by atoms with Crippen LogP contribution in [0.25, 0.3) is 99.6 Å². The summed E-state index contributed by atoms with van der Waals surface area (Å²) < 4.78 is 11.4. The minimum Gasteiger partial charge on any atom is -0.436 e. The summed E-state index contributed by atoms with van der Waals surface area (Å²) in [6.45, 7) is 0. The predicted octanol–water partition coefficient (Wildman–Crippen LogP) is 11.9. The topological polar surface area (TPSA) is 48.8 Å². The number of oxazole rings is 1. The van der Waals surface area contributed by atoms with Gasteiger partial charge in [-0.05, 0) is 66.2 Å². The molecule has 238 valence electrons. The van der Waals surface area contributed by atoms with Crippen LogP contribution in [-0.2, 0) is 0 Å². The summed E-state index contributed by atoms with van der Waals surface area (Å²) in [5.74, 6) is 0.556. The summed E-state index contributed by atoms with van der Waals surface area (Å²) in [6.07, 6.45) is 1.81. The molecule has 4 aromatic heterocycles. The van der Waals surface area contributed by atoms with Crippen molar-refractivity contribution in [3.05, 3.63) is 170 Å². The van der Waals surface area contributed by atoms with Gasteiger partial charge in [0.1, 0.15) is 5.52 Å². The van der Waals surface area contributed by atoms with Gasteiger partial charge in [0.25, 0.3) is 0 Å². The Balaban J connectivity index is 1.25. The zero-order chi connectivity index (χ0) is 33.5. The Bertz CT molecular complexity index is 3090. The van der Waals surface area contributed by atoms with Gasteiger partial charge in [-0.15, -0.1) is 0 Å². The number of fused-ring (bicyclic) bond motifs is 9. The normalized spacial score (nSPS) is 11.9. The summed E-state index contributed by atoms with van der Waals surface area (Å²) >= 11 is 0. The molecule has 5 heteroatoms. The van der Waals surface area contributed by atoms with Crippen LogP contribution in [0.2, 0.25) is 0 Å². The first kappa shape index (κ1) is 27.9. The highest BCUT2D eigenvalue weighted by Gasteiger charge is 2.22. The number of pyridine rings is 1. The molecule has 11 aromatic rings. The van der Waals surface area contributed by atoms with Crippen LogP contribution in [0.1, 0.15) is 0 Å². The Morgan fingerprint density at radius 1 is 0.431 bits per heavy atom. The molecule has 51 heavy (non-hydrogen) atoms. The third kappa shape index (κ3) is 4.09. The van der Waals surface area contributed by atoms with E-state index in [2.05, 4.69) is 155 Å². The molecule has 0 atom stereocenters. The SMILES string of the molecule is c1ccc(-n2c3ccccc3c3cccc(-c4ccc(-n5c6ccccc6c6ccccc65)cc4-c4nc5c(ccc6cccnc65)o4)c32)cc1. The predicted molar refractivity (Wildman–Crippen MR) is 209 cm³/mol. The lowest BCUT2D eigenvalue weighted by molar-refractivity contribution is 0.620. The highest BCUT2D eigenvalue weighted by atomic mass is 16.3.